The average Bonchev–Trinajstić information content (AvgIpc) is 2.65. The number of esters is 1. The number of ether oxygens (including phenoxy) is 2. The van der Waals surface area contributed by atoms with Crippen LogP contribution in [-0.2, 0) is 24.3 Å². The van der Waals surface area contributed by atoms with Crippen LogP contribution in [0.1, 0.15) is 19.8 Å². The molecule has 1 aliphatic rings. The van der Waals surface area contributed by atoms with E-state index < -0.39 is 10.0 Å². The lowest BCUT2D eigenvalue weighted by Gasteiger charge is -2.30. The third kappa shape index (κ3) is 5.85. The molecule has 1 aliphatic heterocycles. The zero-order valence-corrected chi connectivity index (χ0v) is 16.7. The summed E-state index contributed by atoms with van der Waals surface area (Å²) >= 11 is 0. The molecular formula is C18H26N2O6S. The number of hydrogen-bond acceptors (Lipinski definition) is 6. The highest BCUT2D eigenvalue weighted by atomic mass is 32.2. The minimum Gasteiger partial charge on any atom is -0.484 e. The number of carbonyl (C=O) groups excluding carboxylic acids is 2. The van der Waals surface area contributed by atoms with E-state index in [2.05, 4.69) is 0 Å². The lowest BCUT2D eigenvalue weighted by atomic mass is 9.97. The molecule has 9 heteroatoms. The van der Waals surface area contributed by atoms with E-state index in [0.29, 0.717) is 44.0 Å². The highest BCUT2D eigenvalue weighted by Gasteiger charge is 2.28. The Bertz CT molecular complexity index is 755. The first-order valence-corrected chi connectivity index (χ1v) is 10.7. The number of nitrogens with zero attached hydrogens (tertiary/aromatic N) is 2. The molecule has 0 aliphatic carbocycles. The second-order valence-corrected chi connectivity index (χ2v) is 8.43. The van der Waals surface area contributed by atoms with E-state index in [1.807, 2.05) is 0 Å². The largest absolute Gasteiger partial charge is 0.484 e. The molecule has 1 aromatic carbocycles. The van der Waals surface area contributed by atoms with Crippen molar-refractivity contribution >= 4 is 27.6 Å². The predicted octanol–water partition coefficient (Wildman–Crippen LogP) is 1.26. The van der Waals surface area contributed by atoms with Gasteiger partial charge in [-0.1, -0.05) is 0 Å². The van der Waals surface area contributed by atoms with Crippen molar-refractivity contribution in [2.45, 2.75) is 19.8 Å². The van der Waals surface area contributed by atoms with Gasteiger partial charge in [0.05, 0.1) is 24.5 Å². The van der Waals surface area contributed by atoms with Crippen LogP contribution in [0, 0.1) is 5.92 Å². The first-order valence-electron chi connectivity index (χ1n) is 8.83. The number of carbonyl (C=O) groups is 2. The molecule has 0 unspecified atom stereocenters. The summed E-state index contributed by atoms with van der Waals surface area (Å²) in [7, 11) is -1.86. The van der Waals surface area contributed by atoms with E-state index >= 15 is 0 Å². The Morgan fingerprint density at radius 2 is 1.78 bits per heavy atom. The van der Waals surface area contributed by atoms with Crippen molar-refractivity contribution < 1.29 is 27.5 Å². The van der Waals surface area contributed by atoms with E-state index in [-0.39, 0.29) is 24.4 Å². The van der Waals surface area contributed by atoms with Gasteiger partial charge >= 0.3 is 5.97 Å². The predicted molar refractivity (Wildman–Crippen MR) is 101 cm³/mol. The molecule has 1 amide bonds. The Labute approximate surface area is 160 Å². The zero-order valence-electron chi connectivity index (χ0n) is 15.9. The number of hydrogen-bond donors (Lipinski definition) is 0. The minimum absolute atomic E-state index is 0.106. The van der Waals surface area contributed by atoms with Gasteiger partial charge in [-0.15, -0.1) is 0 Å². The topological polar surface area (TPSA) is 93.2 Å². The van der Waals surface area contributed by atoms with Crippen LogP contribution in [-0.4, -0.2) is 64.8 Å². The summed E-state index contributed by atoms with van der Waals surface area (Å²) in [6.45, 7) is 3.04. The van der Waals surface area contributed by atoms with Crippen LogP contribution < -0.4 is 9.04 Å². The van der Waals surface area contributed by atoms with Crippen molar-refractivity contribution in [3.05, 3.63) is 24.3 Å². The summed E-state index contributed by atoms with van der Waals surface area (Å²) in [5, 5.41) is 0. The molecule has 150 valence electrons. The maximum atomic E-state index is 12.3. The average molecular weight is 398 g/mol. The summed E-state index contributed by atoms with van der Waals surface area (Å²) in [6, 6.07) is 6.48. The quantitative estimate of drug-likeness (QED) is 0.642. The van der Waals surface area contributed by atoms with Crippen molar-refractivity contribution in [3.63, 3.8) is 0 Å². The summed E-state index contributed by atoms with van der Waals surface area (Å²) in [5.41, 5.74) is 0.511. The molecule has 0 aromatic heterocycles. The summed E-state index contributed by atoms with van der Waals surface area (Å²) < 4.78 is 34.7. The summed E-state index contributed by atoms with van der Waals surface area (Å²) in [4.78, 5) is 25.7. The van der Waals surface area contributed by atoms with Gasteiger partial charge in [0.25, 0.3) is 5.91 Å². The van der Waals surface area contributed by atoms with Gasteiger partial charge < -0.3 is 14.4 Å². The SMILES string of the molecule is CCOC(=O)C1CCN(C(=O)COc2ccc(N(C)S(C)(=O)=O)cc2)CC1. The molecule has 1 aromatic rings. The number of rotatable bonds is 7. The Morgan fingerprint density at radius 1 is 1.19 bits per heavy atom. The van der Waals surface area contributed by atoms with Crippen LogP contribution in [0.4, 0.5) is 5.69 Å². The first-order chi connectivity index (χ1) is 12.7. The molecule has 1 saturated heterocycles. The lowest BCUT2D eigenvalue weighted by Crippen LogP contribution is -2.42. The first kappa shape index (κ1) is 21.0. The van der Waals surface area contributed by atoms with E-state index in [1.165, 1.54) is 7.05 Å². The molecule has 0 bridgehead atoms. The number of sulfonamides is 1. The van der Waals surface area contributed by atoms with Gasteiger partial charge in [-0.3, -0.25) is 13.9 Å². The van der Waals surface area contributed by atoms with Crippen molar-refractivity contribution in [1.29, 1.82) is 0 Å². The molecule has 1 fully saturated rings. The van der Waals surface area contributed by atoms with Gasteiger partial charge in [0.2, 0.25) is 10.0 Å². The molecule has 8 nitrogen and oxygen atoms in total. The molecule has 0 atom stereocenters. The number of anilines is 1. The Hall–Kier alpha value is -2.29. The molecular weight excluding hydrogens is 372 g/mol. The van der Waals surface area contributed by atoms with Crippen molar-refractivity contribution in [2.75, 3.05) is 43.9 Å². The minimum atomic E-state index is -3.32. The summed E-state index contributed by atoms with van der Waals surface area (Å²) in [5.74, 6) is -0.000605. The number of likely N-dealkylation sites (tertiary alicyclic amines) is 1. The van der Waals surface area contributed by atoms with Crippen LogP contribution in [0.2, 0.25) is 0 Å². The van der Waals surface area contributed by atoms with Gasteiger partial charge in [-0.25, -0.2) is 8.42 Å². The van der Waals surface area contributed by atoms with Crippen LogP contribution >= 0.6 is 0 Å². The fourth-order valence-corrected chi connectivity index (χ4v) is 3.31. The van der Waals surface area contributed by atoms with Crippen LogP contribution in [0.5, 0.6) is 5.75 Å². The maximum absolute atomic E-state index is 12.3. The van der Waals surface area contributed by atoms with Crippen molar-refractivity contribution in [1.82, 2.24) is 4.90 Å². The van der Waals surface area contributed by atoms with Gasteiger partial charge in [0.1, 0.15) is 5.75 Å². The molecule has 0 spiro atoms. The normalized spacial score (nSPS) is 15.3. The molecule has 0 N–H and O–H groups in total. The third-order valence-electron chi connectivity index (χ3n) is 4.53. The maximum Gasteiger partial charge on any atom is 0.309 e. The van der Waals surface area contributed by atoms with Gasteiger partial charge in [-0.2, -0.15) is 0 Å². The zero-order chi connectivity index (χ0) is 20.0. The lowest BCUT2D eigenvalue weighted by molar-refractivity contribution is -0.151. The smallest absolute Gasteiger partial charge is 0.309 e. The number of amides is 1. The van der Waals surface area contributed by atoms with Crippen LogP contribution in [0.25, 0.3) is 0 Å². The van der Waals surface area contributed by atoms with Gasteiger partial charge in [-0.05, 0) is 44.0 Å². The highest BCUT2D eigenvalue weighted by Crippen LogP contribution is 2.21. The van der Waals surface area contributed by atoms with Gasteiger partial charge in [0, 0.05) is 20.1 Å². The van der Waals surface area contributed by atoms with Crippen molar-refractivity contribution in [2.24, 2.45) is 5.92 Å². The third-order valence-corrected chi connectivity index (χ3v) is 5.73. The molecule has 2 rings (SSSR count). The fourth-order valence-electron chi connectivity index (χ4n) is 2.80. The standard InChI is InChI=1S/C18H26N2O6S/c1-4-25-18(22)14-9-11-20(12-10-14)17(21)13-26-16-7-5-15(6-8-16)19(2)27(3,23)24/h5-8,14H,4,9-13H2,1-3H3. The van der Waals surface area contributed by atoms with Crippen LogP contribution in [0.15, 0.2) is 24.3 Å². The second-order valence-electron chi connectivity index (χ2n) is 6.42. The Balaban J connectivity index is 1.82. The van der Waals surface area contributed by atoms with Crippen molar-refractivity contribution in [3.8, 4) is 5.75 Å². The molecule has 27 heavy (non-hydrogen) atoms. The van der Waals surface area contributed by atoms with E-state index in [0.717, 1.165) is 10.6 Å². The molecule has 1 heterocycles. The highest BCUT2D eigenvalue weighted by molar-refractivity contribution is 7.92. The van der Waals surface area contributed by atoms with Gasteiger partial charge in [0.15, 0.2) is 6.61 Å². The second kappa shape index (κ2) is 9.07. The molecule has 0 radical (unpaired) electrons. The van der Waals surface area contributed by atoms with Crippen LogP contribution in [0.3, 0.4) is 0 Å². The summed E-state index contributed by atoms with van der Waals surface area (Å²) in [6.07, 6.45) is 2.31. The fraction of sp³-hybridized carbons (Fsp3) is 0.556. The van der Waals surface area contributed by atoms with E-state index in [9.17, 15) is 18.0 Å². The van der Waals surface area contributed by atoms with E-state index in [4.69, 9.17) is 9.47 Å². The van der Waals surface area contributed by atoms with E-state index in [1.54, 1.807) is 36.1 Å². The monoisotopic (exact) mass is 398 g/mol. The molecule has 0 saturated carbocycles. The Morgan fingerprint density at radius 3 is 2.30 bits per heavy atom. The number of benzene rings is 1. The Kier molecular flexibility index (Phi) is 7.06. The number of piperidine rings is 1.